The van der Waals surface area contributed by atoms with Crippen molar-refractivity contribution in [2.75, 3.05) is 13.6 Å². The van der Waals surface area contributed by atoms with Crippen LogP contribution < -0.4 is 5.63 Å². The van der Waals surface area contributed by atoms with Gasteiger partial charge < -0.3 is 9.52 Å². The first-order chi connectivity index (χ1) is 10.6. The number of likely N-dealkylation sites (N-methyl/N-ethyl adjacent to an activating group) is 1. The van der Waals surface area contributed by atoms with Gasteiger partial charge in [-0.25, -0.2) is 4.79 Å². The fourth-order valence-electron chi connectivity index (χ4n) is 3.15. The van der Waals surface area contributed by atoms with Crippen LogP contribution in [0.5, 0.6) is 0 Å². The zero-order valence-electron chi connectivity index (χ0n) is 14.9. The van der Waals surface area contributed by atoms with E-state index in [4.69, 9.17) is 4.42 Å². The van der Waals surface area contributed by atoms with Crippen molar-refractivity contribution >= 4 is 11.0 Å². The van der Waals surface area contributed by atoms with Gasteiger partial charge in [-0.1, -0.05) is 13.8 Å². The van der Waals surface area contributed by atoms with E-state index >= 15 is 0 Å². The van der Waals surface area contributed by atoms with E-state index < -0.39 is 5.60 Å². The molecule has 0 amide bonds. The van der Waals surface area contributed by atoms with E-state index in [0.29, 0.717) is 24.6 Å². The summed E-state index contributed by atoms with van der Waals surface area (Å²) in [5.41, 5.74) is 2.86. The minimum absolute atomic E-state index is 0.333. The van der Waals surface area contributed by atoms with Crippen LogP contribution in [-0.4, -0.2) is 29.2 Å². The smallest absolute Gasteiger partial charge is 0.336 e. The molecule has 23 heavy (non-hydrogen) atoms. The summed E-state index contributed by atoms with van der Waals surface area (Å²) in [4.78, 5) is 13.9. The minimum Gasteiger partial charge on any atom is -0.423 e. The van der Waals surface area contributed by atoms with Crippen molar-refractivity contribution in [3.63, 3.8) is 0 Å². The number of hydrogen-bond donors (Lipinski definition) is 1. The lowest BCUT2D eigenvalue weighted by atomic mass is 9.95. The molecule has 1 heterocycles. The zero-order chi connectivity index (χ0) is 17.4. The van der Waals surface area contributed by atoms with Gasteiger partial charge in [0.2, 0.25) is 0 Å². The van der Waals surface area contributed by atoms with Gasteiger partial charge in [-0.05, 0) is 62.6 Å². The average molecular weight is 317 g/mol. The Kier molecular flexibility index (Phi) is 4.97. The Balaban J connectivity index is 2.50. The molecule has 0 aliphatic rings. The molecule has 0 aliphatic heterocycles. The summed E-state index contributed by atoms with van der Waals surface area (Å²) in [5.74, 6) is 0.410. The normalized spacial score (nSPS) is 12.6. The summed E-state index contributed by atoms with van der Waals surface area (Å²) in [7, 11) is 1.94. The molecule has 2 rings (SSSR count). The topological polar surface area (TPSA) is 53.7 Å². The van der Waals surface area contributed by atoms with Crippen molar-refractivity contribution in [1.82, 2.24) is 4.90 Å². The lowest BCUT2D eigenvalue weighted by Gasteiger charge is -2.25. The van der Waals surface area contributed by atoms with E-state index in [-0.39, 0.29) is 5.63 Å². The molecule has 0 saturated carbocycles. The van der Waals surface area contributed by atoms with Crippen LogP contribution in [-0.2, 0) is 6.54 Å². The predicted octanol–water partition coefficient (Wildman–Crippen LogP) is 3.43. The maximum Gasteiger partial charge on any atom is 0.336 e. The fraction of sp³-hybridized carbons (Fsp3) is 0.526. The van der Waals surface area contributed by atoms with Gasteiger partial charge in [-0.2, -0.15) is 0 Å². The number of hydrogen-bond acceptors (Lipinski definition) is 4. The molecule has 1 aromatic carbocycles. The van der Waals surface area contributed by atoms with Gasteiger partial charge in [0.05, 0.1) is 5.60 Å². The SMILES string of the molecule is Cc1cc2oc(=O)cc(CN(C)CC(C)(C)O)c2cc1C(C)C. The van der Waals surface area contributed by atoms with Crippen molar-refractivity contribution in [2.45, 2.75) is 52.7 Å². The van der Waals surface area contributed by atoms with E-state index in [0.717, 1.165) is 16.5 Å². The van der Waals surface area contributed by atoms with Crippen LogP contribution in [0.4, 0.5) is 0 Å². The van der Waals surface area contributed by atoms with E-state index in [2.05, 4.69) is 19.9 Å². The molecule has 0 spiro atoms. The highest BCUT2D eigenvalue weighted by Crippen LogP contribution is 2.27. The Morgan fingerprint density at radius 1 is 1.26 bits per heavy atom. The quantitative estimate of drug-likeness (QED) is 0.859. The van der Waals surface area contributed by atoms with E-state index in [1.807, 2.05) is 24.9 Å². The van der Waals surface area contributed by atoms with Crippen LogP contribution in [0.15, 0.2) is 27.4 Å². The van der Waals surface area contributed by atoms with Gasteiger partial charge in [0, 0.05) is 24.5 Å². The summed E-state index contributed by atoms with van der Waals surface area (Å²) < 4.78 is 5.38. The van der Waals surface area contributed by atoms with Gasteiger partial charge >= 0.3 is 5.63 Å². The van der Waals surface area contributed by atoms with Gasteiger partial charge in [0.1, 0.15) is 5.58 Å². The monoisotopic (exact) mass is 317 g/mol. The van der Waals surface area contributed by atoms with E-state index in [9.17, 15) is 9.90 Å². The second-order valence-electron chi connectivity index (χ2n) is 7.44. The third-order valence-corrected chi connectivity index (χ3v) is 3.94. The van der Waals surface area contributed by atoms with E-state index in [1.54, 1.807) is 19.9 Å². The predicted molar refractivity (Wildman–Crippen MR) is 93.9 cm³/mol. The maximum absolute atomic E-state index is 11.9. The lowest BCUT2D eigenvalue weighted by Crippen LogP contribution is -2.36. The summed E-state index contributed by atoms with van der Waals surface area (Å²) >= 11 is 0. The Hall–Kier alpha value is -1.65. The molecule has 1 aromatic heterocycles. The van der Waals surface area contributed by atoms with Crippen molar-refractivity contribution in [1.29, 1.82) is 0 Å². The van der Waals surface area contributed by atoms with Crippen LogP contribution in [0.3, 0.4) is 0 Å². The Morgan fingerprint density at radius 2 is 1.91 bits per heavy atom. The molecule has 0 bridgehead atoms. The summed E-state index contributed by atoms with van der Waals surface area (Å²) in [5, 5.41) is 10.9. The Bertz CT molecular complexity index is 754. The van der Waals surface area contributed by atoms with Crippen LogP contribution in [0.2, 0.25) is 0 Å². The van der Waals surface area contributed by atoms with Crippen molar-refractivity contribution in [3.05, 3.63) is 45.3 Å². The summed E-state index contributed by atoms with van der Waals surface area (Å²) in [6, 6.07) is 5.64. The van der Waals surface area contributed by atoms with Gasteiger partial charge in [-0.3, -0.25) is 4.90 Å². The molecule has 0 unspecified atom stereocenters. The average Bonchev–Trinajstić information content (AvgIpc) is 2.34. The molecule has 0 saturated heterocycles. The molecule has 2 aromatic rings. The van der Waals surface area contributed by atoms with Crippen LogP contribution >= 0.6 is 0 Å². The van der Waals surface area contributed by atoms with Crippen LogP contribution in [0, 0.1) is 6.92 Å². The number of benzene rings is 1. The highest BCUT2D eigenvalue weighted by molar-refractivity contribution is 5.82. The zero-order valence-corrected chi connectivity index (χ0v) is 14.9. The molecule has 4 heteroatoms. The third kappa shape index (κ3) is 4.43. The Morgan fingerprint density at radius 3 is 2.48 bits per heavy atom. The lowest BCUT2D eigenvalue weighted by molar-refractivity contribution is 0.0425. The molecular weight excluding hydrogens is 290 g/mol. The summed E-state index contributed by atoms with van der Waals surface area (Å²) in [6.07, 6.45) is 0. The number of fused-ring (bicyclic) bond motifs is 1. The highest BCUT2D eigenvalue weighted by atomic mass is 16.4. The van der Waals surface area contributed by atoms with Crippen LogP contribution in [0.1, 0.15) is 50.3 Å². The van der Waals surface area contributed by atoms with Crippen molar-refractivity contribution in [3.8, 4) is 0 Å². The molecule has 0 fully saturated rings. The number of aliphatic hydroxyl groups is 1. The number of aryl methyl sites for hydroxylation is 1. The molecule has 1 N–H and O–H groups in total. The first-order valence-electron chi connectivity index (χ1n) is 8.05. The van der Waals surface area contributed by atoms with Gasteiger partial charge in [0.15, 0.2) is 0 Å². The van der Waals surface area contributed by atoms with Gasteiger partial charge in [-0.15, -0.1) is 0 Å². The molecule has 0 atom stereocenters. The highest BCUT2D eigenvalue weighted by Gasteiger charge is 2.17. The molecule has 0 aliphatic carbocycles. The minimum atomic E-state index is -0.774. The van der Waals surface area contributed by atoms with Crippen LogP contribution in [0.25, 0.3) is 11.0 Å². The standard InChI is InChI=1S/C19H27NO3/c1-12(2)15-9-16-14(10-20(6)11-19(4,5)22)8-18(21)23-17(16)7-13(15)3/h7-9,12,22H,10-11H2,1-6H3. The number of nitrogens with zero attached hydrogens (tertiary/aromatic N) is 1. The van der Waals surface area contributed by atoms with E-state index in [1.165, 1.54) is 5.56 Å². The van der Waals surface area contributed by atoms with Crippen molar-refractivity contribution in [2.24, 2.45) is 0 Å². The molecule has 126 valence electrons. The number of rotatable bonds is 5. The summed E-state index contributed by atoms with van der Waals surface area (Å²) in [6.45, 7) is 11.0. The second kappa shape index (κ2) is 6.46. The Labute approximate surface area is 137 Å². The second-order valence-corrected chi connectivity index (χ2v) is 7.44. The molecular formula is C19H27NO3. The maximum atomic E-state index is 11.9. The first-order valence-corrected chi connectivity index (χ1v) is 8.05. The first kappa shape index (κ1) is 17.7. The van der Waals surface area contributed by atoms with Crippen molar-refractivity contribution < 1.29 is 9.52 Å². The molecule has 0 radical (unpaired) electrons. The molecule has 4 nitrogen and oxygen atoms in total. The third-order valence-electron chi connectivity index (χ3n) is 3.94. The van der Waals surface area contributed by atoms with Gasteiger partial charge in [0.25, 0.3) is 0 Å². The fourth-order valence-corrected chi connectivity index (χ4v) is 3.15. The largest absolute Gasteiger partial charge is 0.423 e.